The van der Waals surface area contributed by atoms with E-state index in [1.165, 1.54) is 7.11 Å². The number of hydrogen-bond donors (Lipinski definition) is 3. The van der Waals surface area contributed by atoms with Crippen molar-refractivity contribution in [3.63, 3.8) is 0 Å². The number of benzene rings is 3. The van der Waals surface area contributed by atoms with Crippen molar-refractivity contribution in [1.82, 2.24) is 10.3 Å². The molecule has 0 saturated carbocycles. The van der Waals surface area contributed by atoms with Gasteiger partial charge >= 0.3 is 0 Å². The number of rotatable bonds is 10. The minimum Gasteiger partial charge on any atom is -0.467 e. The molecule has 9 heteroatoms. The highest BCUT2D eigenvalue weighted by Gasteiger charge is 2.20. The molecule has 0 spiro atoms. The number of ether oxygens (including phenoxy) is 2. The number of pyridine rings is 1. The summed E-state index contributed by atoms with van der Waals surface area (Å²) in [6.45, 7) is -0.0602. The fourth-order valence-corrected chi connectivity index (χ4v) is 3.91. The van der Waals surface area contributed by atoms with Crippen molar-refractivity contribution >= 4 is 17.6 Å². The van der Waals surface area contributed by atoms with Crippen LogP contribution < -0.4 is 15.4 Å². The SMILES string of the molecule is COCOc1ccccc1-c1cc(-c2cccc(C(=O)NCCO)c2)c(C#N)c(NC(=O)c2ccccc2)n1. The third-order valence-corrected chi connectivity index (χ3v) is 5.73. The van der Waals surface area contributed by atoms with Crippen LogP contribution in [0.4, 0.5) is 5.82 Å². The third kappa shape index (κ3) is 6.45. The first-order valence-electron chi connectivity index (χ1n) is 12.1. The number of hydrogen-bond acceptors (Lipinski definition) is 7. The van der Waals surface area contributed by atoms with Crippen molar-refractivity contribution in [1.29, 1.82) is 5.26 Å². The van der Waals surface area contributed by atoms with Crippen LogP contribution in [0.5, 0.6) is 5.75 Å². The molecule has 0 radical (unpaired) electrons. The maximum absolute atomic E-state index is 13.1. The van der Waals surface area contributed by atoms with Gasteiger partial charge in [-0.1, -0.05) is 42.5 Å². The van der Waals surface area contributed by atoms with Gasteiger partial charge in [0.2, 0.25) is 0 Å². The highest BCUT2D eigenvalue weighted by Crippen LogP contribution is 2.36. The van der Waals surface area contributed by atoms with E-state index in [2.05, 4.69) is 21.7 Å². The molecule has 0 fully saturated rings. The van der Waals surface area contributed by atoms with Gasteiger partial charge in [0.05, 0.1) is 12.3 Å². The Morgan fingerprint density at radius 2 is 1.67 bits per heavy atom. The van der Waals surface area contributed by atoms with Crippen molar-refractivity contribution in [3.05, 3.63) is 102 Å². The Labute approximate surface area is 225 Å². The van der Waals surface area contributed by atoms with Gasteiger partial charge in [0.15, 0.2) is 12.6 Å². The van der Waals surface area contributed by atoms with Crippen molar-refractivity contribution in [3.8, 4) is 34.2 Å². The van der Waals surface area contributed by atoms with Gasteiger partial charge in [-0.05, 0) is 48.0 Å². The van der Waals surface area contributed by atoms with Gasteiger partial charge in [-0.25, -0.2) is 4.98 Å². The van der Waals surface area contributed by atoms with E-state index >= 15 is 0 Å². The summed E-state index contributed by atoms with van der Waals surface area (Å²) < 4.78 is 10.8. The summed E-state index contributed by atoms with van der Waals surface area (Å²) in [6, 6.07) is 26.4. The van der Waals surface area contributed by atoms with Crippen LogP contribution in [-0.4, -0.2) is 49.0 Å². The Kier molecular flexibility index (Phi) is 8.98. The largest absolute Gasteiger partial charge is 0.467 e. The predicted molar refractivity (Wildman–Crippen MR) is 146 cm³/mol. The van der Waals surface area contributed by atoms with Crippen molar-refractivity contribution in [2.45, 2.75) is 0 Å². The monoisotopic (exact) mass is 522 g/mol. The quantitative estimate of drug-likeness (QED) is 0.265. The lowest BCUT2D eigenvalue weighted by atomic mass is 9.96. The zero-order chi connectivity index (χ0) is 27.6. The Balaban J connectivity index is 1.88. The second-order valence-corrected chi connectivity index (χ2v) is 8.32. The number of methoxy groups -OCH3 is 1. The van der Waals surface area contributed by atoms with Crippen LogP contribution in [0.2, 0.25) is 0 Å². The molecular weight excluding hydrogens is 496 g/mol. The van der Waals surface area contributed by atoms with Crippen LogP contribution in [0.3, 0.4) is 0 Å². The molecule has 4 rings (SSSR count). The van der Waals surface area contributed by atoms with Crippen molar-refractivity contribution in [2.75, 3.05) is 32.4 Å². The van der Waals surface area contributed by atoms with Crippen LogP contribution in [-0.2, 0) is 4.74 Å². The van der Waals surface area contributed by atoms with Crippen LogP contribution in [0, 0.1) is 11.3 Å². The molecule has 0 aliphatic carbocycles. The number of amides is 2. The summed E-state index contributed by atoms with van der Waals surface area (Å²) in [5.74, 6) is -0.228. The van der Waals surface area contributed by atoms with Crippen LogP contribution in [0.25, 0.3) is 22.4 Å². The molecule has 2 amide bonds. The molecule has 0 aliphatic heterocycles. The molecule has 4 aromatic rings. The Hall–Kier alpha value is -5.04. The number of aliphatic hydroxyl groups is 1. The third-order valence-electron chi connectivity index (χ3n) is 5.73. The Morgan fingerprint density at radius 3 is 2.41 bits per heavy atom. The maximum Gasteiger partial charge on any atom is 0.256 e. The predicted octanol–water partition coefficient (Wildman–Crippen LogP) is 4.24. The van der Waals surface area contributed by atoms with Gasteiger partial charge in [-0.15, -0.1) is 0 Å². The van der Waals surface area contributed by atoms with E-state index in [0.29, 0.717) is 39.3 Å². The second-order valence-electron chi connectivity index (χ2n) is 8.32. The average Bonchev–Trinajstić information content (AvgIpc) is 2.99. The molecule has 9 nitrogen and oxygen atoms in total. The Bertz CT molecular complexity index is 1520. The highest BCUT2D eigenvalue weighted by molar-refractivity contribution is 6.05. The van der Waals surface area contributed by atoms with Crippen LogP contribution in [0.1, 0.15) is 26.3 Å². The first-order chi connectivity index (χ1) is 19.0. The van der Waals surface area contributed by atoms with Gasteiger partial charge in [0.1, 0.15) is 17.4 Å². The Morgan fingerprint density at radius 1 is 0.923 bits per heavy atom. The van der Waals surface area contributed by atoms with E-state index < -0.39 is 5.91 Å². The fourth-order valence-electron chi connectivity index (χ4n) is 3.91. The number of carbonyl (C=O) groups is 2. The zero-order valence-electron chi connectivity index (χ0n) is 21.2. The summed E-state index contributed by atoms with van der Waals surface area (Å²) in [4.78, 5) is 30.3. The summed E-state index contributed by atoms with van der Waals surface area (Å²) in [6.07, 6.45) is 0. The summed E-state index contributed by atoms with van der Waals surface area (Å²) >= 11 is 0. The average molecular weight is 523 g/mol. The van der Waals surface area contributed by atoms with Gasteiger partial charge in [0, 0.05) is 35.9 Å². The normalized spacial score (nSPS) is 10.4. The van der Waals surface area contributed by atoms with E-state index in [9.17, 15) is 14.9 Å². The summed E-state index contributed by atoms with van der Waals surface area (Å²) in [5, 5.41) is 24.6. The maximum atomic E-state index is 13.1. The fraction of sp³-hybridized carbons (Fsp3) is 0.133. The molecule has 3 aromatic carbocycles. The molecular formula is C30H26N4O5. The lowest BCUT2D eigenvalue weighted by molar-refractivity contribution is 0.0515. The van der Waals surface area contributed by atoms with E-state index in [1.807, 2.05) is 18.2 Å². The first-order valence-corrected chi connectivity index (χ1v) is 12.1. The van der Waals surface area contributed by atoms with Crippen LogP contribution >= 0.6 is 0 Å². The van der Waals surface area contributed by atoms with E-state index in [0.717, 1.165) is 0 Å². The van der Waals surface area contributed by atoms with Gasteiger partial charge < -0.3 is 25.2 Å². The second kappa shape index (κ2) is 13.0. The van der Waals surface area contributed by atoms with Crippen molar-refractivity contribution in [2.24, 2.45) is 0 Å². The number of anilines is 1. The molecule has 1 heterocycles. The molecule has 196 valence electrons. The number of nitriles is 1. The van der Waals surface area contributed by atoms with Crippen molar-refractivity contribution < 1.29 is 24.2 Å². The molecule has 3 N–H and O–H groups in total. The smallest absolute Gasteiger partial charge is 0.256 e. The van der Waals surface area contributed by atoms with E-state index in [-0.39, 0.29) is 37.2 Å². The summed E-state index contributed by atoms with van der Waals surface area (Å²) in [5.41, 5.74) is 2.97. The van der Waals surface area contributed by atoms with Gasteiger partial charge in [-0.3, -0.25) is 9.59 Å². The molecule has 0 bridgehead atoms. The number of nitrogens with zero attached hydrogens (tertiary/aromatic N) is 2. The highest BCUT2D eigenvalue weighted by atomic mass is 16.7. The number of aliphatic hydroxyl groups excluding tert-OH is 1. The zero-order valence-corrected chi connectivity index (χ0v) is 21.2. The molecule has 39 heavy (non-hydrogen) atoms. The lowest BCUT2D eigenvalue weighted by Crippen LogP contribution is -2.26. The number of carbonyl (C=O) groups excluding carboxylic acids is 2. The molecule has 0 atom stereocenters. The number of para-hydroxylation sites is 1. The minimum atomic E-state index is -0.427. The van der Waals surface area contributed by atoms with Gasteiger partial charge in [-0.2, -0.15) is 5.26 Å². The lowest BCUT2D eigenvalue weighted by Gasteiger charge is -2.16. The first kappa shape index (κ1) is 27.0. The standard InChI is InChI=1S/C30H26N4O5/c1-38-19-39-27-13-6-5-12-23(27)26-17-24(21-10-7-11-22(16-21)29(36)32-14-15-35)25(18-31)28(33-26)34-30(37)20-8-3-2-4-9-20/h2-13,16-17,35H,14-15,19H2,1H3,(H,32,36)(H,33,34,37). The van der Waals surface area contributed by atoms with E-state index in [1.54, 1.807) is 66.7 Å². The molecule has 0 aliphatic rings. The summed E-state index contributed by atoms with van der Waals surface area (Å²) in [7, 11) is 1.52. The minimum absolute atomic E-state index is 0.0166. The number of aromatic nitrogens is 1. The topological polar surface area (TPSA) is 134 Å². The van der Waals surface area contributed by atoms with E-state index in [4.69, 9.17) is 14.6 Å². The molecule has 0 saturated heterocycles. The van der Waals surface area contributed by atoms with Gasteiger partial charge in [0.25, 0.3) is 11.8 Å². The molecule has 0 unspecified atom stereocenters. The molecule has 1 aromatic heterocycles. The van der Waals surface area contributed by atoms with Crippen LogP contribution in [0.15, 0.2) is 84.9 Å². The number of nitrogens with one attached hydrogen (secondary N) is 2.